The first-order chi connectivity index (χ1) is 14.2. The molecule has 0 aromatic rings. The van der Waals surface area contributed by atoms with Gasteiger partial charge in [-0.1, -0.05) is 110 Å². The molecule has 0 saturated heterocycles. The maximum atomic E-state index is 12.0. The van der Waals surface area contributed by atoms with Gasteiger partial charge in [-0.3, -0.25) is 4.79 Å². The second-order valence-electron chi connectivity index (χ2n) is 8.97. The molecule has 1 atom stereocenters. The topological polar surface area (TPSA) is 52.3 Å². The minimum absolute atomic E-state index is 0.00843. The van der Waals surface area contributed by atoms with Crippen LogP contribution >= 0.6 is 0 Å². The van der Waals surface area contributed by atoms with Crippen LogP contribution in [0, 0.1) is 5.92 Å². The lowest BCUT2D eigenvalue weighted by Gasteiger charge is -2.17. The molecule has 29 heavy (non-hydrogen) atoms. The molecule has 0 spiro atoms. The Morgan fingerprint density at radius 2 is 1.10 bits per heavy atom. The third kappa shape index (κ3) is 21.9. The first-order valence-corrected chi connectivity index (χ1v) is 13.1. The van der Waals surface area contributed by atoms with Crippen molar-refractivity contribution in [1.82, 2.24) is 0 Å². The van der Waals surface area contributed by atoms with E-state index >= 15 is 0 Å². The summed E-state index contributed by atoms with van der Waals surface area (Å²) in [4.78, 5) is 12.0. The van der Waals surface area contributed by atoms with E-state index in [9.17, 15) is 4.79 Å². The third-order valence-corrected chi connectivity index (χ3v) is 6.00. The Bertz CT molecular complexity index is 333. The van der Waals surface area contributed by atoms with Gasteiger partial charge in [0.2, 0.25) is 0 Å². The van der Waals surface area contributed by atoms with Crippen LogP contribution in [-0.2, 0) is 9.53 Å². The van der Waals surface area contributed by atoms with Gasteiger partial charge in [0.15, 0.2) is 0 Å². The molecule has 0 rings (SSSR count). The van der Waals surface area contributed by atoms with E-state index in [0.717, 1.165) is 19.3 Å². The summed E-state index contributed by atoms with van der Waals surface area (Å²) in [6, 6.07) is 0. The van der Waals surface area contributed by atoms with Crippen molar-refractivity contribution in [2.75, 3.05) is 13.2 Å². The summed E-state index contributed by atoms with van der Waals surface area (Å²) in [5.41, 5.74) is 5.51. The van der Waals surface area contributed by atoms with Crippen molar-refractivity contribution in [3.63, 3.8) is 0 Å². The summed E-state index contributed by atoms with van der Waals surface area (Å²) in [5.74, 6) is 0.556. The second kappa shape index (κ2) is 23.7. The minimum Gasteiger partial charge on any atom is -0.465 e. The van der Waals surface area contributed by atoms with E-state index in [1.807, 2.05) is 0 Å². The highest BCUT2D eigenvalue weighted by atomic mass is 16.5. The predicted molar refractivity (Wildman–Crippen MR) is 127 cm³/mol. The number of hydrogen-bond donors (Lipinski definition) is 1. The molecule has 0 fully saturated rings. The Kier molecular flexibility index (Phi) is 23.2. The van der Waals surface area contributed by atoms with E-state index in [0.29, 0.717) is 25.5 Å². The normalized spacial score (nSPS) is 12.2. The smallest absolute Gasteiger partial charge is 0.305 e. The maximum Gasteiger partial charge on any atom is 0.305 e. The monoisotopic (exact) mass is 411 g/mol. The molecule has 0 aliphatic rings. The first kappa shape index (κ1) is 28.4. The van der Waals surface area contributed by atoms with E-state index in [-0.39, 0.29) is 5.97 Å². The lowest BCUT2D eigenvalue weighted by atomic mass is 9.94. The van der Waals surface area contributed by atoms with E-state index in [1.165, 1.54) is 103 Å². The van der Waals surface area contributed by atoms with Gasteiger partial charge in [-0.25, -0.2) is 0 Å². The van der Waals surface area contributed by atoms with E-state index in [2.05, 4.69) is 13.8 Å². The van der Waals surface area contributed by atoms with Crippen LogP contribution in [0.1, 0.15) is 142 Å². The molecule has 0 radical (unpaired) electrons. The van der Waals surface area contributed by atoms with Crippen molar-refractivity contribution in [2.45, 2.75) is 142 Å². The average Bonchev–Trinajstić information content (AvgIpc) is 2.73. The van der Waals surface area contributed by atoms with Crippen LogP contribution in [0.3, 0.4) is 0 Å². The molecular formula is C26H53NO2. The number of nitrogens with two attached hydrogens (primary N) is 1. The summed E-state index contributed by atoms with van der Waals surface area (Å²) < 4.78 is 5.63. The summed E-state index contributed by atoms with van der Waals surface area (Å²) in [6.07, 6.45) is 24.9. The van der Waals surface area contributed by atoms with Crippen molar-refractivity contribution in [3.05, 3.63) is 0 Å². The molecule has 3 heteroatoms. The fourth-order valence-electron chi connectivity index (χ4n) is 3.96. The number of ether oxygens (including phenoxy) is 1. The summed E-state index contributed by atoms with van der Waals surface area (Å²) in [6.45, 7) is 5.90. The molecule has 0 heterocycles. The highest BCUT2D eigenvalue weighted by Crippen LogP contribution is 2.20. The number of carbonyl (C=O) groups is 1. The van der Waals surface area contributed by atoms with Crippen LogP contribution < -0.4 is 5.73 Å². The number of rotatable bonds is 23. The summed E-state index contributed by atoms with van der Waals surface area (Å²) >= 11 is 0. The van der Waals surface area contributed by atoms with Gasteiger partial charge in [0.1, 0.15) is 0 Å². The lowest BCUT2D eigenvalue weighted by molar-refractivity contribution is -0.145. The van der Waals surface area contributed by atoms with E-state index < -0.39 is 0 Å². The predicted octanol–water partition coefficient (Wildman–Crippen LogP) is 7.95. The van der Waals surface area contributed by atoms with Gasteiger partial charge in [0.05, 0.1) is 6.61 Å². The van der Waals surface area contributed by atoms with Gasteiger partial charge in [0, 0.05) is 6.42 Å². The van der Waals surface area contributed by atoms with Crippen LogP contribution in [0.2, 0.25) is 0 Å². The molecule has 0 aliphatic carbocycles. The summed E-state index contributed by atoms with van der Waals surface area (Å²) in [5, 5.41) is 0. The molecule has 174 valence electrons. The quantitative estimate of drug-likeness (QED) is 0.137. The molecule has 0 amide bonds. The van der Waals surface area contributed by atoms with Crippen molar-refractivity contribution < 1.29 is 9.53 Å². The standard InChI is InChI=1S/C26H53NO2/c1-3-5-7-9-11-12-14-17-21-25(20-16-13-10-8-6-4-2)24-29-26(28)22-18-15-19-23-27/h25H,3-24,27H2,1-2H3. The number of unbranched alkanes of at least 4 members (excludes halogenated alkanes) is 14. The molecular weight excluding hydrogens is 358 g/mol. The first-order valence-electron chi connectivity index (χ1n) is 13.1. The second-order valence-corrected chi connectivity index (χ2v) is 8.97. The highest BCUT2D eigenvalue weighted by Gasteiger charge is 2.12. The molecule has 0 bridgehead atoms. The van der Waals surface area contributed by atoms with Crippen molar-refractivity contribution >= 4 is 5.97 Å². The van der Waals surface area contributed by atoms with Gasteiger partial charge >= 0.3 is 5.97 Å². The highest BCUT2D eigenvalue weighted by molar-refractivity contribution is 5.69. The zero-order chi connectivity index (χ0) is 21.4. The molecule has 0 aromatic heterocycles. The molecule has 3 nitrogen and oxygen atoms in total. The minimum atomic E-state index is -0.00843. The van der Waals surface area contributed by atoms with Crippen LogP contribution in [0.5, 0.6) is 0 Å². The number of carbonyl (C=O) groups excluding carboxylic acids is 1. The Morgan fingerprint density at radius 3 is 1.59 bits per heavy atom. The van der Waals surface area contributed by atoms with Gasteiger partial charge in [-0.15, -0.1) is 0 Å². The largest absolute Gasteiger partial charge is 0.465 e. The van der Waals surface area contributed by atoms with E-state index in [1.54, 1.807) is 0 Å². The Balaban J connectivity index is 3.97. The van der Waals surface area contributed by atoms with E-state index in [4.69, 9.17) is 10.5 Å². The zero-order valence-corrected chi connectivity index (χ0v) is 20.0. The van der Waals surface area contributed by atoms with Gasteiger partial charge in [0.25, 0.3) is 0 Å². The Labute approximate surface area is 182 Å². The molecule has 2 N–H and O–H groups in total. The van der Waals surface area contributed by atoms with Crippen molar-refractivity contribution in [2.24, 2.45) is 11.7 Å². The maximum absolute atomic E-state index is 12.0. The van der Waals surface area contributed by atoms with Crippen molar-refractivity contribution in [3.8, 4) is 0 Å². The van der Waals surface area contributed by atoms with Crippen LogP contribution in [0.25, 0.3) is 0 Å². The fraction of sp³-hybridized carbons (Fsp3) is 0.962. The average molecular weight is 412 g/mol. The SMILES string of the molecule is CCCCCCCCCCC(CCCCCCCC)COC(=O)CCCCCN. The number of esters is 1. The van der Waals surface area contributed by atoms with Crippen molar-refractivity contribution in [1.29, 1.82) is 0 Å². The Hall–Kier alpha value is -0.570. The summed E-state index contributed by atoms with van der Waals surface area (Å²) in [7, 11) is 0. The van der Waals surface area contributed by atoms with Gasteiger partial charge in [-0.2, -0.15) is 0 Å². The van der Waals surface area contributed by atoms with Crippen LogP contribution in [-0.4, -0.2) is 19.1 Å². The number of hydrogen-bond acceptors (Lipinski definition) is 3. The van der Waals surface area contributed by atoms with Crippen LogP contribution in [0.15, 0.2) is 0 Å². The van der Waals surface area contributed by atoms with Crippen LogP contribution in [0.4, 0.5) is 0 Å². The molecule has 1 unspecified atom stereocenters. The molecule has 0 aliphatic heterocycles. The van der Waals surface area contributed by atoms with Gasteiger partial charge in [-0.05, 0) is 38.1 Å². The third-order valence-electron chi connectivity index (χ3n) is 6.00. The van der Waals surface area contributed by atoms with Gasteiger partial charge < -0.3 is 10.5 Å². The zero-order valence-electron chi connectivity index (χ0n) is 20.0. The Morgan fingerprint density at radius 1 is 0.655 bits per heavy atom. The molecule has 0 saturated carbocycles. The molecule has 0 aromatic carbocycles. The fourth-order valence-corrected chi connectivity index (χ4v) is 3.96. The lowest BCUT2D eigenvalue weighted by Crippen LogP contribution is -2.14.